The Kier molecular flexibility index (Phi) is 5.48. The Morgan fingerprint density at radius 1 is 1.14 bits per heavy atom. The minimum atomic E-state index is -2.88. The third-order valence-corrected chi connectivity index (χ3v) is 2.94. The molecule has 0 bridgehead atoms. The molecule has 2 aromatic rings. The molecular formula is C15H16F2N2O3. The van der Waals surface area contributed by atoms with Crippen LogP contribution < -0.4 is 14.8 Å². The standard InChI is InChI=1S/C15H16F2N2O3/c1-21-11-4-2-10(3-5-11)13(20)9-19-14-7-6-12(8-18-14)22-15(16)17/h2-8,13,15,20H,9H2,1H3,(H,18,19)/t13-/m1/s1. The molecule has 0 aliphatic rings. The fourth-order valence-electron chi connectivity index (χ4n) is 1.80. The topological polar surface area (TPSA) is 63.6 Å². The minimum absolute atomic E-state index is 0.0174. The van der Waals surface area contributed by atoms with E-state index in [-0.39, 0.29) is 12.3 Å². The van der Waals surface area contributed by atoms with Crippen molar-refractivity contribution in [3.63, 3.8) is 0 Å². The number of nitrogens with zero attached hydrogens (tertiary/aromatic N) is 1. The Balaban J connectivity index is 1.88. The van der Waals surface area contributed by atoms with Gasteiger partial charge in [0.25, 0.3) is 0 Å². The van der Waals surface area contributed by atoms with E-state index in [1.807, 2.05) is 0 Å². The average Bonchev–Trinajstić information content (AvgIpc) is 2.53. The van der Waals surface area contributed by atoms with Crippen LogP contribution in [0.25, 0.3) is 0 Å². The number of aliphatic hydroxyl groups is 1. The molecule has 7 heteroatoms. The summed E-state index contributed by atoms with van der Waals surface area (Å²) >= 11 is 0. The van der Waals surface area contributed by atoms with E-state index < -0.39 is 12.7 Å². The number of aliphatic hydroxyl groups excluding tert-OH is 1. The van der Waals surface area contributed by atoms with Crippen LogP contribution in [0.3, 0.4) is 0 Å². The first kappa shape index (κ1) is 16.0. The third kappa shape index (κ3) is 4.56. The molecule has 1 aromatic carbocycles. The maximum absolute atomic E-state index is 12.0. The van der Waals surface area contributed by atoms with Crippen LogP contribution in [0.4, 0.5) is 14.6 Å². The lowest BCUT2D eigenvalue weighted by molar-refractivity contribution is -0.0500. The summed E-state index contributed by atoms with van der Waals surface area (Å²) in [4.78, 5) is 3.92. The molecule has 0 aliphatic carbocycles. The van der Waals surface area contributed by atoms with Crippen molar-refractivity contribution in [1.82, 2.24) is 4.98 Å². The molecule has 5 nitrogen and oxygen atoms in total. The van der Waals surface area contributed by atoms with Gasteiger partial charge in [0.05, 0.1) is 19.4 Å². The Labute approximate surface area is 126 Å². The lowest BCUT2D eigenvalue weighted by atomic mass is 10.1. The smallest absolute Gasteiger partial charge is 0.387 e. The van der Waals surface area contributed by atoms with Gasteiger partial charge in [-0.2, -0.15) is 8.78 Å². The lowest BCUT2D eigenvalue weighted by Gasteiger charge is -2.13. The van der Waals surface area contributed by atoms with E-state index in [9.17, 15) is 13.9 Å². The summed E-state index contributed by atoms with van der Waals surface area (Å²) in [6.07, 6.45) is 0.457. The predicted octanol–water partition coefficient (Wildman–Crippen LogP) is 2.84. The van der Waals surface area contributed by atoms with E-state index in [1.165, 1.54) is 18.3 Å². The quantitative estimate of drug-likeness (QED) is 0.823. The normalized spacial score (nSPS) is 12.0. The molecular weight excluding hydrogens is 294 g/mol. The zero-order valence-corrected chi connectivity index (χ0v) is 11.9. The number of aromatic nitrogens is 1. The van der Waals surface area contributed by atoms with Crippen molar-refractivity contribution in [2.45, 2.75) is 12.7 Å². The summed E-state index contributed by atoms with van der Waals surface area (Å²) < 4.78 is 33.3. The van der Waals surface area contributed by atoms with Crippen LogP contribution >= 0.6 is 0 Å². The van der Waals surface area contributed by atoms with E-state index in [0.29, 0.717) is 11.6 Å². The van der Waals surface area contributed by atoms with Gasteiger partial charge >= 0.3 is 6.61 Å². The number of pyridine rings is 1. The van der Waals surface area contributed by atoms with Crippen molar-refractivity contribution in [2.24, 2.45) is 0 Å². The molecule has 1 aromatic heterocycles. The fraction of sp³-hybridized carbons (Fsp3) is 0.267. The second-order valence-electron chi connectivity index (χ2n) is 4.43. The Hall–Kier alpha value is -2.41. The van der Waals surface area contributed by atoms with Crippen molar-refractivity contribution < 1.29 is 23.4 Å². The molecule has 0 saturated carbocycles. The van der Waals surface area contributed by atoms with Crippen LogP contribution in [0.5, 0.6) is 11.5 Å². The highest BCUT2D eigenvalue weighted by Gasteiger charge is 2.08. The second kappa shape index (κ2) is 7.56. The fourth-order valence-corrected chi connectivity index (χ4v) is 1.80. The molecule has 1 heterocycles. The summed E-state index contributed by atoms with van der Waals surface area (Å²) in [6, 6.07) is 9.91. The first-order valence-corrected chi connectivity index (χ1v) is 6.55. The van der Waals surface area contributed by atoms with Crippen LogP contribution in [0.15, 0.2) is 42.6 Å². The van der Waals surface area contributed by atoms with Crippen LogP contribution in [0, 0.1) is 0 Å². The number of benzene rings is 1. The molecule has 2 N–H and O–H groups in total. The molecule has 2 rings (SSSR count). The SMILES string of the molecule is COc1ccc([C@H](O)CNc2ccc(OC(F)F)cn2)cc1. The van der Waals surface area contributed by atoms with Gasteiger partial charge in [-0.15, -0.1) is 0 Å². The number of halogens is 2. The first-order chi connectivity index (χ1) is 10.6. The molecule has 0 spiro atoms. The van der Waals surface area contributed by atoms with Crippen LogP contribution in [0.2, 0.25) is 0 Å². The Morgan fingerprint density at radius 3 is 2.36 bits per heavy atom. The third-order valence-electron chi connectivity index (χ3n) is 2.94. The summed E-state index contributed by atoms with van der Waals surface area (Å²) in [5.41, 5.74) is 0.728. The second-order valence-corrected chi connectivity index (χ2v) is 4.43. The van der Waals surface area contributed by atoms with Gasteiger partial charge in [0.2, 0.25) is 0 Å². The molecule has 0 radical (unpaired) electrons. The van der Waals surface area contributed by atoms with E-state index >= 15 is 0 Å². The lowest BCUT2D eigenvalue weighted by Crippen LogP contribution is -2.13. The number of hydrogen-bond acceptors (Lipinski definition) is 5. The molecule has 0 unspecified atom stereocenters. The Morgan fingerprint density at radius 2 is 1.82 bits per heavy atom. The molecule has 0 aliphatic heterocycles. The highest BCUT2D eigenvalue weighted by Crippen LogP contribution is 2.19. The largest absolute Gasteiger partial charge is 0.497 e. The molecule has 0 amide bonds. The van der Waals surface area contributed by atoms with E-state index in [1.54, 1.807) is 31.4 Å². The van der Waals surface area contributed by atoms with Gasteiger partial charge in [0.1, 0.15) is 17.3 Å². The summed E-state index contributed by atoms with van der Waals surface area (Å²) in [7, 11) is 1.57. The molecule has 1 atom stereocenters. The minimum Gasteiger partial charge on any atom is -0.497 e. The number of anilines is 1. The van der Waals surface area contributed by atoms with Crippen molar-refractivity contribution in [1.29, 1.82) is 0 Å². The number of ether oxygens (including phenoxy) is 2. The summed E-state index contributed by atoms with van der Waals surface area (Å²) in [5, 5.41) is 13.0. The summed E-state index contributed by atoms with van der Waals surface area (Å²) in [6.45, 7) is -2.65. The van der Waals surface area contributed by atoms with Crippen molar-refractivity contribution >= 4 is 5.82 Å². The van der Waals surface area contributed by atoms with Gasteiger partial charge in [0, 0.05) is 6.54 Å². The molecule has 118 valence electrons. The predicted molar refractivity (Wildman–Crippen MR) is 77.3 cm³/mol. The van der Waals surface area contributed by atoms with Crippen LogP contribution in [-0.4, -0.2) is 30.4 Å². The monoisotopic (exact) mass is 310 g/mol. The van der Waals surface area contributed by atoms with E-state index in [4.69, 9.17) is 4.74 Å². The number of methoxy groups -OCH3 is 1. The molecule has 0 fully saturated rings. The zero-order valence-electron chi connectivity index (χ0n) is 11.9. The molecule has 0 saturated heterocycles. The van der Waals surface area contributed by atoms with E-state index in [2.05, 4.69) is 15.0 Å². The van der Waals surface area contributed by atoms with Gasteiger partial charge in [-0.1, -0.05) is 12.1 Å². The number of alkyl halides is 2. The maximum Gasteiger partial charge on any atom is 0.387 e. The van der Waals surface area contributed by atoms with E-state index in [0.717, 1.165) is 5.56 Å². The number of nitrogens with one attached hydrogen (secondary N) is 1. The van der Waals surface area contributed by atoms with Gasteiger partial charge < -0.3 is 19.9 Å². The van der Waals surface area contributed by atoms with Crippen molar-refractivity contribution in [2.75, 3.05) is 19.0 Å². The van der Waals surface area contributed by atoms with Crippen molar-refractivity contribution in [3.05, 3.63) is 48.2 Å². The number of rotatable bonds is 7. The zero-order chi connectivity index (χ0) is 15.9. The van der Waals surface area contributed by atoms with Gasteiger partial charge in [-0.25, -0.2) is 4.98 Å². The van der Waals surface area contributed by atoms with Gasteiger partial charge in [-0.3, -0.25) is 0 Å². The highest BCUT2D eigenvalue weighted by atomic mass is 19.3. The van der Waals surface area contributed by atoms with Crippen LogP contribution in [0.1, 0.15) is 11.7 Å². The molecule has 22 heavy (non-hydrogen) atoms. The van der Waals surface area contributed by atoms with Crippen molar-refractivity contribution in [3.8, 4) is 11.5 Å². The summed E-state index contributed by atoms with van der Waals surface area (Å²) in [5.74, 6) is 1.14. The average molecular weight is 310 g/mol. The highest BCUT2D eigenvalue weighted by molar-refractivity contribution is 5.38. The first-order valence-electron chi connectivity index (χ1n) is 6.55. The number of hydrogen-bond donors (Lipinski definition) is 2. The maximum atomic E-state index is 12.0. The van der Waals surface area contributed by atoms with Gasteiger partial charge in [-0.05, 0) is 29.8 Å². The van der Waals surface area contributed by atoms with Crippen LogP contribution in [-0.2, 0) is 0 Å². The Bertz CT molecular complexity index is 576. The van der Waals surface area contributed by atoms with Gasteiger partial charge in [0.15, 0.2) is 0 Å².